The van der Waals surface area contributed by atoms with E-state index in [1.807, 2.05) is 56.6 Å². The summed E-state index contributed by atoms with van der Waals surface area (Å²) in [5.41, 5.74) is 4.20. The Morgan fingerprint density at radius 1 is 1.02 bits per heavy atom. The monoisotopic (exact) mass is 589 g/mol. The lowest BCUT2D eigenvalue weighted by Gasteiger charge is -2.45. The molecule has 1 atom stereocenters. The van der Waals surface area contributed by atoms with Gasteiger partial charge in [-0.05, 0) is 74.1 Å². The molecule has 10 nitrogen and oxygen atoms in total. The van der Waals surface area contributed by atoms with E-state index in [0.29, 0.717) is 59.8 Å². The summed E-state index contributed by atoms with van der Waals surface area (Å²) in [6.07, 6.45) is 4.70. The lowest BCUT2D eigenvalue weighted by molar-refractivity contribution is -0.0138. The average Bonchev–Trinajstić information content (AvgIpc) is 3.63. The lowest BCUT2D eigenvalue weighted by Crippen LogP contribution is -2.58. The minimum Gasteiger partial charge on any atom is -0.485 e. The van der Waals surface area contributed by atoms with Gasteiger partial charge in [-0.3, -0.25) is 14.3 Å². The zero-order chi connectivity index (χ0) is 30.6. The number of nitrogens with zero attached hydrogens (tertiary/aromatic N) is 4. The third-order valence-corrected chi connectivity index (χ3v) is 8.76. The number of ether oxygens (including phenoxy) is 2. The molecule has 0 radical (unpaired) electrons. The highest BCUT2D eigenvalue weighted by Crippen LogP contribution is 2.44. The van der Waals surface area contributed by atoms with Crippen LogP contribution in [0.4, 0.5) is 0 Å². The summed E-state index contributed by atoms with van der Waals surface area (Å²) in [4.78, 5) is 40.9. The zero-order valence-electron chi connectivity index (χ0n) is 24.7. The van der Waals surface area contributed by atoms with Gasteiger partial charge in [0.2, 0.25) is 0 Å². The number of aromatic nitrogens is 4. The van der Waals surface area contributed by atoms with E-state index >= 15 is 0 Å². The van der Waals surface area contributed by atoms with Crippen molar-refractivity contribution in [1.29, 1.82) is 0 Å². The SMILES string of the molecule is COC(=O)c1cccc(-n2nc(C)c3cc(C(=O)C4C(=O)c5cc(-c6cnn(C)c6)ccc5OC45CCNCC5)ccc32)c1. The van der Waals surface area contributed by atoms with Gasteiger partial charge < -0.3 is 14.8 Å². The lowest BCUT2D eigenvalue weighted by atomic mass is 9.70. The van der Waals surface area contributed by atoms with Crippen LogP contribution in [0.2, 0.25) is 0 Å². The van der Waals surface area contributed by atoms with Gasteiger partial charge in [-0.1, -0.05) is 12.1 Å². The fourth-order valence-electron chi connectivity index (χ4n) is 6.50. The molecule has 2 aliphatic rings. The molecule has 3 aromatic carbocycles. The number of hydrogen-bond donors (Lipinski definition) is 1. The number of esters is 1. The van der Waals surface area contributed by atoms with Crippen LogP contribution in [0.5, 0.6) is 5.75 Å². The van der Waals surface area contributed by atoms with E-state index < -0.39 is 17.5 Å². The number of fused-ring (bicyclic) bond motifs is 2. The van der Waals surface area contributed by atoms with Gasteiger partial charge in [0.25, 0.3) is 0 Å². The molecule has 2 aromatic heterocycles. The van der Waals surface area contributed by atoms with Gasteiger partial charge >= 0.3 is 5.97 Å². The van der Waals surface area contributed by atoms with Crippen LogP contribution in [0.25, 0.3) is 27.7 Å². The number of nitrogens with one attached hydrogen (secondary N) is 1. The third-order valence-electron chi connectivity index (χ3n) is 8.76. The van der Waals surface area contributed by atoms with Gasteiger partial charge in [-0.15, -0.1) is 0 Å². The van der Waals surface area contributed by atoms with E-state index in [4.69, 9.17) is 14.6 Å². The molecule has 0 amide bonds. The smallest absolute Gasteiger partial charge is 0.337 e. The fraction of sp³-hybridized carbons (Fsp3) is 0.265. The Bertz CT molecular complexity index is 1970. The Hall–Kier alpha value is -5.09. The molecular weight excluding hydrogens is 558 g/mol. The van der Waals surface area contributed by atoms with Crippen molar-refractivity contribution in [3.05, 3.63) is 95.4 Å². The van der Waals surface area contributed by atoms with Crippen molar-refractivity contribution in [2.24, 2.45) is 13.0 Å². The number of hydrogen-bond acceptors (Lipinski definition) is 8. The van der Waals surface area contributed by atoms with Crippen molar-refractivity contribution >= 4 is 28.4 Å². The topological polar surface area (TPSA) is 117 Å². The number of aryl methyl sites for hydroxylation is 2. The van der Waals surface area contributed by atoms with Crippen molar-refractivity contribution in [2.75, 3.05) is 20.2 Å². The maximum absolute atomic E-state index is 14.4. The maximum Gasteiger partial charge on any atom is 0.337 e. The van der Waals surface area contributed by atoms with Crippen molar-refractivity contribution in [1.82, 2.24) is 24.9 Å². The van der Waals surface area contributed by atoms with Gasteiger partial charge in [0.05, 0.1) is 41.3 Å². The second-order valence-electron chi connectivity index (χ2n) is 11.5. The number of Topliss-reactive ketones (excluding diaryl/α,β-unsaturated/α-hetero) is 2. The standard InChI is InChI=1S/C34H31N5O5/c1-20-26-17-22(7-9-28(26)39(37-20)25-6-4-5-23(15-25)33(42)43-3)31(40)30-32(41)27-16-21(24-18-36-38(2)19-24)8-10-29(27)44-34(30)11-13-35-14-12-34/h4-10,15-19,30,35H,11-14H2,1-3H3. The number of methoxy groups -OCH3 is 1. The molecule has 7 rings (SSSR count). The fourth-order valence-corrected chi connectivity index (χ4v) is 6.50. The van der Waals surface area contributed by atoms with Crippen LogP contribution in [0.3, 0.4) is 0 Å². The molecule has 0 bridgehead atoms. The van der Waals surface area contributed by atoms with Crippen molar-refractivity contribution in [3.8, 4) is 22.6 Å². The largest absolute Gasteiger partial charge is 0.485 e. The summed E-state index contributed by atoms with van der Waals surface area (Å²) >= 11 is 0. The average molecular weight is 590 g/mol. The Kier molecular flexibility index (Phi) is 6.66. The summed E-state index contributed by atoms with van der Waals surface area (Å²) < 4.78 is 15.0. The van der Waals surface area contributed by atoms with E-state index in [0.717, 1.165) is 22.0 Å². The van der Waals surface area contributed by atoms with E-state index in [1.165, 1.54) is 7.11 Å². The summed E-state index contributed by atoms with van der Waals surface area (Å²) in [5, 5.41) is 13.1. The van der Waals surface area contributed by atoms with Gasteiger partial charge in [0.15, 0.2) is 11.6 Å². The molecular formula is C34H31N5O5. The second kappa shape index (κ2) is 10.6. The molecule has 5 aromatic rings. The van der Waals surface area contributed by atoms with Crippen molar-refractivity contribution in [2.45, 2.75) is 25.4 Å². The van der Waals surface area contributed by atoms with Crippen LogP contribution in [-0.2, 0) is 11.8 Å². The first-order valence-electron chi connectivity index (χ1n) is 14.6. The first kappa shape index (κ1) is 27.7. The number of ketones is 2. The normalized spacial score (nSPS) is 17.3. The molecule has 44 heavy (non-hydrogen) atoms. The third kappa shape index (κ3) is 4.49. The van der Waals surface area contributed by atoms with Crippen LogP contribution in [0.1, 0.15) is 49.6 Å². The van der Waals surface area contributed by atoms with Crippen molar-refractivity contribution < 1.29 is 23.9 Å². The second-order valence-corrected chi connectivity index (χ2v) is 11.5. The predicted molar refractivity (Wildman–Crippen MR) is 163 cm³/mol. The number of carbonyl (C=O) groups excluding carboxylic acids is 3. The Morgan fingerprint density at radius 3 is 2.59 bits per heavy atom. The van der Waals surface area contributed by atoms with Gasteiger partial charge in [-0.25, -0.2) is 9.48 Å². The molecule has 4 heterocycles. The predicted octanol–water partition coefficient (Wildman–Crippen LogP) is 4.72. The van der Waals surface area contributed by atoms with Crippen LogP contribution in [-0.4, -0.2) is 62.9 Å². The van der Waals surface area contributed by atoms with Gasteiger partial charge in [0, 0.05) is 42.6 Å². The van der Waals surface area contributed by atoms with Crippen LogP contribution >= 0.6 is 0 Å². The van der Waals surface area contributed by atoms with E-state index in [-0.39, 0.29) is 11.6 Å². The van der Waals surface area contributed by atoms with Crippen LogP contribution in [0.15, 0.2) is 73.1 Å². The minimum atomic E-state index is -0.995. The van der Waals surface area contributed by atoms with Gasteiger partial charge in [-0.2, -0.15) is 10.2 Å². The minimum absolute atomic E-state index is 0.226. The Labute approximate surface area is 253 Å². The van der Waals surface area contributed by atoms with Crippen molar-refractivity contribution in [3.63, 3.8) is 0 Å². The van der Waals surface area contributed by atoms with Crippen LogP contribution in [0, 0.1) is 12.8 Å². The Balaban J connectivity index is 1.29. The Morgan fingerprint density at radius 2 is 1.84 bits per heavy atom. The molecule has 1 fully saturated rings. The summed E-state index contributed by atoms with van der Waals surface area (Å²) in [7, 11) is 3.18. The maximum atomic E-state index is 14.4. The van der Waals surface area contributed by atoms with E-state index in [1.54, 1.807) is 39.8 Å². The zero-order valence-corrected chi connectivity index (χ0v) is 24.7. The first-order chi connectivity index (χ1) is 21.3. The molecule has 1 N–H and O–H groups in total. The molecule has 0 saturated carbocycles. The van der Waals surface area contributed by atoms with E-state index in [9.17, 15) is 14.4 Å². The first-order valence-corrected chi connectivity index (χ1v) is 14.6. The van der Waals surface area contributed by atoms with E-state index in [2.05, 4.69) is 10.4 Å². The number of benzene rings is 3. The summed E-state index contributed by atoms with van der Waals surface area (Å²) in [6.45, 7) is 3.17. The number of carbonyl (C=O) groups is 3. The van der Waals surface area contributed by atoms with Gasteiger partial charge in [0.1, 0.15) is 17.3 Å². The molecule has 1 unspecified atom stereocenters. The molecule has 0 aliphatic carbocycles. The molecule has 10 heteroatoms. The van der Waals surface area contributed by atoms with Crippen LogP contribution < -0.4 is 10.1 Å². The number of rotatable bonds is 5. The quantitative estimate of drug-likeness (QED) is 0.178. The molecule has 1 saturated heterocycles. The highest BCUT2D eigenvalue weighted by atomic mass is 16.5. The summed E-state index contributed by atoms with van der Waals surface area (Å²) in [6, 6.07) is 18.0. The summed E-state index contributed by atoms with van der Waals surface area (Å²) in [5.74, 6) is -1.42. The molecule has 222 valence electrons. The highest BCUT2D eigenvalue weighted by Gasteiger charge is 2.53. The highest BCUT2D eigenvalue weighted by molar-refractivity contribution is 6.19. The molecule has 1 spiro atoms. The number of piperidine rings is 1. The molecule has 2 aliphatic heterocycles.